The number of hydrogen-bond donors (Lipinski definition) is 4. The highest BCUT2D eigenvalue weighted by atomic mass is 35.5. The van der Waals surface area contributed by atoms with Gasteiger partial charge in [0, 0.05) is 161 Å². The SMILES string of the molecule is COC1CCC(C[C@H]2COc3cc(S(=O)(=O)NC(=O)c4ccc(N5CCN(CC6=C(c7ccc(Cl)cc7)CC(C)(C)CC6)CC5)cc4Oc4cnc5[nH]ccc5c4)cc([N+](=O)[O-])c3C2)CC1.COC1CCC(C[C@H]2COc3cc(S(=O)(=O)NC(=O)c4ccc(N5CCN(CC6=C(c7ccc(Cl)cc7)CC(C)(C)CC6)CC5)cc4Oc4cnc5[nH]ccc5c4)cc([N+](=O)[O-])c3C2)CC1. The van der Waals surface area contributed by atoms with E-state index in [1.165, 1.54) is 57.9 Å². The van der Waals surface area contributed by atoms with Crippen molar-refractivity contribution in [2.24, 2.45) is 34.5 Å². The minimum absolute atomic E-state index is 0.0388. The van der Waals surface area contributed by atoms with Crippen LogP contribution in [0.25, 0.3) is 33.2 Å². The zero-order chi connectivity index (χ0) is 92.3. The fourth-order valence-electron chi connectivity index (χ4n) is 20.5. The number of rotatable bonds is 26. The van der Waals surface area contributed by atoms with E-state index in [1.807, 2.05) is 36.4 Å². The van der Waals surface area contributed by atoms with Crippen molar-refractivity contribution in [1.29, 1.82) is 0 Å². The summed E-state index contributed by atoms with van der Waals surface area (Å²) in [5.74, 6) is 0.380. The molecule has 0 unspecified atom stereocenters. The van der Waals surface area contributed by atoms with Crippen molar-refractivity contribution in [1.82, 2.24) is 39.2 Å². The van der Waals surface area contributed by atoms with Crippen LogP contribution in [0.15, 0.2) is 179 Å². The van der Waals surface area contributed by atoms with Crippen LogP contribution in [0.5, 0.6) is 34.5 Å². The van der Waals surface area contributed by atoms with Gasteiger partial charge in [0.05, 0.1) is 79.7 Å². The van der Waals surface area contributed by atoms with Gasteiger partial charge >= 0.3 is 0 Å². The lowest BCUT2D eigenvalue weighted by Gasteiger charge is -2.39. The number of ether oxygens (including phenoxy) is 6. The number of carbonyl (C=O) groups excluding carboxylic acids is 2. The van der Waals surface area contributed by atoms with Crippen LogP contribution in [-0.4, -0.2) is 173 Å². The van der Waals surface area contributed by atoms with Crippen LogP contribution in [0.1, 0.15) is 173 Å². The number of nitrogens with zero attached hydrogens (tertiary/aromatic N) is 8. The van der Waals surface area contributed by atoms with Gasteiger partial charge < -0.3 is 48.2 Å². The molecule has 4 aliphatic carbocycles. The Labute approximate surface area is 779 Å². The summed E-state index contributed by atoms with van der Waals surface area (Å²) < 4.78 is 96.1. The third kappa shape index (κ3) is 21.9. The fourth-order valence-corrected chi connectivity index (χ4v) is 22.8. The van der Waals surface area contributed by atoms with Crippen molar-refractivity contribution in [2.75, 3.05) is 103 Å². The second kappa shape index (κ2) is 39.7. The number of carbonyl (C=O) groups is 2. The van der Waals surface area contributed by atoms with E-state index in [2.05, 4.69) is 101 Å². The Hall–Kier alpha value is -11.0. The number of amides is 2. The highest BCUT2D eigenvalue weighted by molar-refractivity contribution is 7.90. The molecule has 10 aromatic rings. The number of nitrogens with one attached hydrogen (secondary N) is 4. The number of hydrogen-bond acceptors (Lipinski definition) is 22. The Kier molecular flexibility index (Phi) is 27.9. The predicted molar refractivity (Wildman–Crippen MR) is 510 cm³/mol. The highest BCUT2D eigenvalue weighted by Crippen LogP contribution is 2.49. The van der Waals surface area contributed by atoms with E-state index in [4.69, 9.17) is 51.6 Å². The molecule has 0 radical (unpaired) electrons. The Balaban J connectivity index is 0.000000184. The van der Waals surface area contributed by atoms with E-state index in [0.29, 0.717) is 71.8 Å². The van der Waals surface area contributed by atoms with E-state index in [9.17, 15) is 46.7 Å². The quantitative estimate of drug-likeness (QED) is 0.0289. The number of piperazine rings is 2. The molecule has 6 aromatic carbocycles. The molecule has 4 fully saturated rings. The standard InChI is InChI=1S/2C50H57ClN6O8S/c2*1-50(2)16-14-36(44(28-50)34-6-8-37(51)9-7-34)30-55-18-20-56(21-19-55)38-10-13-42(47(25-38)65-40-24-35-15-17-52-48(35)53-29-40)49(58)54-66(61,62)41-26-45(57(59)60)43-23-33(31-64-46(43)27-41)22-32-4-11-39(63-3)12-5-32/h2*6-10,13,15,17,24-27,29,32-33,39H,4-5,11-12,14,16,18-23,28,30-31H2,1-3H3,(H,52,53)(H,54,58)/t2*32?,33-,39?/m11/s1. The van der Waals surface area contributed by atoms with E-state index in [-0.39, 0.29) is 80.4 Å². The Morgan fingerprint density at radius 1 is 0.508 bits per heavy atom. The maximum atomic E-state index is 14.1. The molecule has 28 nitrogen and oxygen atoms in total. The van der Waals surface area contributed by atoms with Gasteiger partial charge in [0.1, 0.15) is 45.8 Å². The zero-order valence-electron chi connectivity index (χ0n) is 75.4. The summed E-state index contributed by atoms with van der Waals surface area (Å²) in [6.07, 6.45) is 24.1. The van der Waals surface area contributed by atoms with Gasteiger partial charge in [-0.1, -0.05) is 86.3 Å². The second-order valence-corrected chi connectivity index (χ2v) is 42.6. The molecule has 8 heterocycles. The number of nitro benzene ring substituents is 2. The van der Waals surface area contributed by atoms with Crippen LogP contribution in [0.3, 0.4) is 0 Å². The summed E-state index contributed by atoms with van der Waals surface area (Å²) in [6.45, 7) is 17.9. The maximum Gasteiger partial charge on any atom is 0.277 e. The number of allylic oxidation sites excluding steroid dienone is 2. The molecule has 0 spiro atoms. The molecule has 132 heavy (non-hydrogen) atoms. The minimum Gasteiger partial charge on any atom is -0.493 e. The number of aromatic nitrogens is 4. The minimum atomic E-state index is -4.62. The molecule has 32 heteroatoms. The lowest BCUT2D eigenvalue weighted by molar-refractivity contribution is -0.386. The number of anilines is 2. The molecule has 0 bridgehead atoms. The Morgan fingerprint density at radius 2 is 0.894 bits per heavy atom. The third-order valence-corrected chi connectivity index (χ3v) is 31.1. The summed E-state index contributed by atoms with van der Waals surface area (Å²) >= 11 is 12.5. The van der Waals surface area contributed by atoms with E-state index in [0.717, 1.165) is 213 Å². The molecule has 4 aromatic heterocycles. The Bertz CT molecular complexity index is 5890. The zero-order valence-corrected chi connectivity index (χ0v) is 78.5. The van der Waals surface area contributed by atoms with Gasteiger partial charge in [0.2, 0.25) is 0 Å². The van der Waals surface area contributed by atoms with Gasteiger partial charge in [-0.3, -0.25) is 39.6 Å². The topological polar surface area (TPSA) is 338 Å². The largest absolute Gasteiger partial charge is 0.493 e. The molecular formula is C100H114Cl2N12O16S2. The van der Waals surface area contributed by atoms with Crippen molar-refractivity contribution in [3.8, 4) is 34.5 Å². The van der Waals surface area contributed by atoms with E-state index in [1.54, 1.807) is 75.1 Å². The van der Waals surface area contributed by atoms with Crippen LogP contribution < -0.4 is 38.2 Å². The number of aromatic amines is 2. The molecule has 2 atom stereocenters. The molecular weight excluding hydrogens is 1760 g/mol. The van der Waals surface area contributed by atoms with Crippen LogP contribution in [0.2, 0.25) is 10.0 Å². The molecule has 4 aliphatic heterocycles. The lowest BCUT2D eigenvalue weighted by Crippen LogP contribution is -2.47. The van der Waals surface area contributed by atoms with Crippen molar-refractivity contribution < 1.29 is 64.7 Å². The van der Waals surface area contributed by atoms with Gasteiger partial charge in [0.15, 0.2) is 0 Å². The van der Waals surface area contributed by atoms with Gasteiger partial charge in [-0.2, -0.15) is 0 Å². The first-order chi connectivity index (χ1) is 63.4. The normalized spacial score (nSPS) is 21.3. The third-order valence-electron chi connectivity index (χ3n) is 28.0. The summed E-state index contributed by atoms with van der Waals surface area (Å²) in [7, 11) is -5.77. The smallest absolute Gasteiger partial charge is 0.277 e. The average Bonchev–Trinajstić information content (AvgIpc) is 0.834. The number of halogens is 2. The van der Waals surface area contributed by atoms with Crippen LogP contribution >= 0.6 is 23.2 Å². The van der Waals surface area contributed by atoms with Gasteiger partial charge in [-0.25, -0.2) is 36.2 Å². The van der Waals surface area contributed by atoms with Crippen molar-refractivity contribution in [3.63, 3.8) is 0 Å². The van der Waals surface area contributed by atoms with Crippen molar-refractivity contribution in [3.05, 3.63) is 233 Å². The highest BCUT2D eigenvalue weighted by Gasteiger charge is 2.39. The first-order valence-corrected chi connectivity index (χ1v) is 49.6. The number of H-pyrrole nitrogens is 2. The number of pyridine rings is 2. The molecule has 2 amide bonds. The monoisotopic (exact) mass is 1870 g/mol. The number of sulfonamides is 2. The number of nitro groups is 2. The second-order valence-electron chi connectivity index (χ2n) is 38.3. The first-order valence-electron chi connectivity index (χ1n) is 45.9. The fraction of sp³-hybridized carbons (Fsp3) is 0.440. The van der Waals surface area contributed by atoms with Crippen molar-refractivity contribution in [2.45, 2.75) is 165 Å². The Morgan fingerprint density at radius 3 is 1.27 bits per heavy atom. The van der Waals surface area contributed by atoms with Gasteiger partial charge in [-0.15, -0.1) is 0 Å². The molecule has 18 rings (SSSR count). The van der Waals surface area contributed by atoms with Crippen LogP contribution in [0.4, 0.5) is 22.7 Å². The van der Waals surface area contributed by atoms with Gasteiger partial charge in [-0.05, 0) is 245 Å². The molecule has 2 saturated carbocycles. The number of benzene rings is 6. The summed E-state index contributed by atoms with van der Waals surface area (Å²) in [5.41, 5.74) is 11.6. The summed E-state index contributed by atoms with van der Waals surface area (Å²) in [5, 5.41) is 27.9. The lowest BCUT2D eigenvalue weighted by atomic mass is 9.72. The van der Waals surface area contributed by atoms with Crippen LogP contribution in [-0.2, 0) is 42.4 Å². The first kappa shape index (κ1) is 92.9. The van der Waals surface area contributed by atoms with Crippen LogP contribution in [0, 0.1) is 54.7 Å². The molecule has 2 saturated heterocycles. The van der Waals surface area contributed by atoms with Crippen molar-refractivity contribution >= 4 is 111 Å². The maximum absolute atomic E-state index is 14.1. The molecule has 696 valence electrons. The summed E-state index contributed by atoms with van der Waals surface area (Å²) in [4.78, 5) is 75.5. The van der Waals surface area contributed by atoms with E-state index >= 15 is 0 Å². The number of fused-ring (bicyclic) bond motifs is 4. The van der Waals surface area contributed by atoms with E-state index < -0.39 is 51.5 Å². The average molecular weight is 1880 g/mol. The molecule has 8 aliphatic rings. The number of methoxy groups -OCH3 is 2. The van der Waals surface area contributed by atoms with Gasteiger partial charge in [0.25, 0.3) is 43.2 Å². The summed E-state index contributed by atoms with van der Waals surface area (Å²) in [6, 6.07) is 38.4. The molecule has 4 N–H and O–H groups in total. The predicted octanol–water partition coefficient (Wildman–Crippen LogP) is 19.9.